The number of hydrogen-bond acceptors (Lipinski definition) is 4. The van der Waals surface area contributed by atoms with Crippen molar-refractivity contribution < 1.29 is 14.3 Å². The van der Waals surface area contributed by atoms with Gasteiger partial charge in [-0.3, -0.25) is 4.79 Å². The molecule has 0 aliphatic carbocycles. The van der Waals surface area contributed by atoms with Gasteiger partial charge in [-0.2, -0.15) is 0 Å². The van der Waals surface area contributed by atoms with Crippen LogP contribution in [0.5, 0.6) is 0 Å². The minimum absolute atomic E-state index is 0.105. The molecule has 21 heavy (non-hydrogen) atoms. The number of nitrogen functional groups attached to an aromatic ring is 1. The summed E-state index contributed by atoms with van der Waals surface area (Å²) in [5.74, 6) is -0.824. The van der Waals surface area contributed by atoms with Crippen LogP contribution in [0, 0.1) is 6.92 Å². The Hall–Kier alpha value is -2.04. The molecule has 1 aromatic carbocycles. The predicted molar refractivity (Wildman–Crippen MR) is 83.0 cm³/mol. The van der Waals surface area contributed by atoms with Crippen LogP contribution >= 0.6 is 0 Å². The first-order chi connectivity index (χ1) is 9.87. The molecule has 0 aliphatic rings. The summed E-state index contributed by atoms with van der Waals surface area (Å²) in [5.41, 5.74) is 7.43. The Labute approximate surface area is 125 Å². The summed E-state index contributed by atoms with van der Waals surface area (Å²) >= 11 is 0. The third-order valence-corrected chi connectivity index (χ3v) is 3.32. The van der Waals surface area contributed by atoms with E-state index in [2.05, 4.69) is 5.32 Å². The Morgan fingerprint density at radius 1 is 1.24 bits per heavy atom. The highest BCUT2D eigenvalue weighted by atomic mass is 16.5. The van der Waals surface area contributed by atoms with Crippen molar-refractivity contribution in [3.05, 3.63) is 29.3 Å². The molecular formula is C16H24N2O3. The van der Waals surface area contributed by atoms with E-state index in [1.54, 1.807) is 25.1 Å². The molecule has 0 aliphatic heterocycles. The van der Waals surface area contributed by atoms with Crippen LogP contribution < -0.4 is 11.1 Å². The highest BCUT2D eigenvalue weighted by molar-refractivity contribution is 5.93. The second-order valence-electron chi connectivity index (χ2n) is 5.20. The molecule has 5 heteroatoms. The molecular weight excluding hydrogens is 268 g/mol. The fourth-order valence-corrected chi connectivity index (χ4v) is 2.02. The van der Waals surface area contributed by atoms with Gasteiger partial charge in [-0.1, -0.05) is 13.8 Å². The molecule has 0 saturated heterocycles. The molecule has 3 N–H and O–H groups in total. The van der Waals surface area contributed by atoms with Crippen molar-refractivity contribution in [1.29, 1.82) is 0 Å². The van der Waals surface area contributed by atoms with Crippen LogP contribution in [-0.2, 0) is 9.53 Å². The second-order valence-corrected chi connectivity index (χ2v) is 5.20. The molecule has 116 valence electrons. The van der Waals surface area contributed by atoms with Gasteiger partial charge in [0, 0.05) is 11.7 Å². The topological polar surface area (TPSA) is 81.4 Å². The summed E-state index contributed by atoms with van der Waals surface area (Å²) in [5, 5.41) is 2.85. The third-order valence-electron chi connectivity index (χ3n) is 3.32. The number of rotatable bonds is 6. The number of ether oxygens (including phenoxy) is 1. The minimum atomic E-state index is -0.833. The lowest BCUT2D eigenvalue weighted by atomic mass is 10.1. The lowest BCUT2D eigenvalue weighted by molar-refractivity contribution is -0.129. The number of anilines is 1. The Bertz CT molecular complexity index is 490. The zero-order valence-electron chi connectivity index (χ0n) is 13.1. The number of hydrogen-bond donors (Lipinski definition) is 2. The van der Waals surface area contributed by atoms with Crippen LogP contribution in [0.4, 0.5) is 5.69 Å². The Balaban J connectivity index is 2.67. The van der Waals surface area contributed by atoms with Crippen LogP contribution in [0.25, 0.3) is 0 Å². The van der Waals surface area contributed by atoms with Gasteiger partial charge < -0.3 is 15.8 Å². The Kier molecular flexibility index (Phi) is 6.21. The standard InChI is InChI=1S/C16H24N2O3/c1-5-14(6-2)18-15(19)11(4)21-16(20)12-7-10(3)8-13(17)9-12/h7-9,11,14H,5-6,17H2,1-4H3,(H,18,19). The summed E-state index contributed by atoms with van der Waals surface area (Å²) in [4.78, 5) is 24.0. The summed E-state index contributed by atoms with van der Waals surface area (Å²) in [6.45, 7) is 7.41. The number of nitrogens with two attached hydrogens (primary N) is 1. The molecule has 1 aromatic rings. The summed E-state index contributed by atoms with van der Waals surface area (Å²) in [7, 11) is 0. The van der Waals surface area contributed by atoms with Gasteiger partial charge in [-0.25, -0.2) is 4.79 Å². The minimum Gasteiger partial charge on any atom is -0.449 e. The molecule has 0 heterocycles. The number of amides is 1. The van der Waals surface area contributed by atoms with Crippen molar-refractivity contribution in [1.82, 2.24) is 5.32 Å². The van der Waals surface area contributed by atoms with Crippen molar-refractivity contribution in [2.45, 2.75) is 52.7 Å². The largest absolute Gasteiger partial charge is 0.449 e. The normalized spacial score (nSPS) is 12.0. The zero-order chi connectivity index (χ0) is 16.0. The van der Waals surface area contributed by atoms with E-state index in [-0.39, 0.29) is 11.9 Å². The average molecular weight is 292 g/mol. The van der Waals surface area contributed by atoms with Gasteiger partial charge in [0.25, 0.3) is 5.91 Å². The fourth-order valence-electron chi connectivity index (χ4n) is 2.02. The number of carbonyl (C=O) groups excluding carboxylic acids is 2. The van der Waals surface area contributed by atoms with Crippen molar-refractivity contribution in [2.75, 3.05) is 5.73 Å². The average Bonchev–Trinajstić information content (AvgIpc) is 2.43. The van der Waals surface area contributed by atoms with Gasteiger partial charge in [-0.15, -0.1) is 0 Å². The molecule has 1 rings (SSSR count). The summed E-state index contributed by atoms with van der Waals surface area (Å²) in [6.07, 6.45) is 0.856. The Morgan fingerprint density at radius 3 is 2.38 bits per heavy atom. The molecule has 1 unspecified atom stereocenters. The van der Waals surface area contributed by atoms with Gasteiger partial charge in [-0.05, 0) is 50.5 Å². The summed E-state index contributed by atoms with van der Waals surface area (Å²) < 4.78 is 5.19. The van der Waals surface area contributed by atoms with Crippen molar-refractivity contribution in [2.24, 2.45) is 0 Å². The van der Waals surface area contributed by atoms with Gasteiger partial charge in [0.2, 0.25) is 0 Å². The number of benzene rings is 1. The molecule has 0 saturated carbocycles. The lowest BCUT2D eigenvalue weighted by Crippen LogP contribution is -2.41. The van der Waals surface area contributed by atoms with E-state index in [4.69, 9.17) is 10.5 Å². The second kappa shape index (κ2) is 7.67. The van der Waals surface area contributed by atoms with Crippen molar-refractivity contribution in [3.63, 3.8) is 0 Å². The number of carbonyl (C=O) groups is 2. The maximum Gasteiger partial charge on any atom is 0.338 e. The molecule has 5 nitrogen and oxygen atoms in total. The first-order valence-corrected chi connectivity index (χ1v) is 7.25. The quantitative estimate of drug-likeness (QED) is 0.623. The van der Waals surface area contributed by atoms with Crippen LogP contribution in [0.1, 0.15) is 49.5 Å². The lowest BCUT2D eigenvalue weighted by Gasteiger charge is -2.18. The van der Waals surface area contributed by atoms with Crippen LogP contribution in [0.3, 0.4) is 0 Å². The molecule has 0 spiro atoms. The van der Waals surface area contributed by atoms with E-state index in [1.165, 1.54) is 0 Å². The van der Waals surface area contributed by atoms with E-state index in [1.807, 2.05) is 20.8 Å². The van der Waals surface area contributed by atoms with Gasteiger partial charge in [0.1, 0.15) is 0 Å². The highest BCUT2D eigenvalue weighted by Crippen LogP contribution is 2.13. The molecule has 0 bridgehead atoms. The van der Waals surface area contributed by atoms with E-state index >= 15 is 0 Å². The molecule has 0 aromatic heterocycles. The van der Waals surface area contributed by atoms with Gasteiger partial charge in [0.05, 0.1) is 5.56 Å². The highest BCUT2D eigenvalue weighted by Gasteiger charge is 2.20. The number of nitrogens with one attached hydrogen (secondary N) is 1. The fraction of sp³-hybridized carbons (Fsp3) is 0.500. The molecule has 0 fully saturated rings. The van der Waals surface area contributed by atoms with Crippen LogP contribution in [0.15, 0.2) is 18.2 Å². The zero-order valence-corrected chi connectivity index (χ0v) is 13.1. The van der Waals surface area contributed by atoms with E-state index in [9.17, 15) is 9.59 Å². The smallest absolute Gasteiger partial charge is 0.338 e. The number of aryl methyl sites for hydroxylation is 1. The van der Waals surface area contributed by atoms with E-state index < -0.39 is 12.1 Å². The van der Waals surface area contributed by atoms with Crippen molar-refractivity contribution >= 4 is 17.6 Å². The molecule has 1 atom stereocenters. The van der Waals surface area contributed by atoms with E-state index in [0.29, 0.717) is 11.3 Å². The Morgan fingerprint density at radius 2 is 1.86 bits per heavy atom. The maximum atomic E-state index is 12.0. The van der Waals surface area contributed by atoms with Gasteiger partial charge in [0.15, 0.2) is 6.10 Å². The number of esters is 1. The van der Waals surface area contributed by atoms with Crippen molar-refractivity contribution in [3.8, 4) is 0 Å². The van der Waals surface area contributed by atoms with E-state index in [0.717, 1.165) is 18.4 Å². The van der Waals surface area contributed by atoms with Crippen LogP contribution in [0.2, 0.25) is 0 Å². The van der Waals surface area contributed by atoms with Crippen LogP contribution in [-0.4, -0.2) is 24.0 Å². The molecule has 1 amide bonds. The maximum absolute atomic E-state index is 12.0. The first-order valence-electron chi connectivity index (χ1n) is 7.25. The third kappa shape index (κ3) is 5.10. The first kappa shape index (κ1) is 17.0. The monoisotopic (exact) mass is 292 g/mol. The molecule has 0 radical (unpaired) electrons. The predicted octanol–water partition coefficient (Wildman–Crippen LogP) is 2.43. The van der Waals surface area contributed by atoms with Gasteiger partial charge >= 0.3 is 5.97 Å². The summed E-state index contributed by atoms with van der Waals surface area (Å²) in [6, 6.07) is 5.10. The SMILES string of the molecule is CCC(CC)NC(=O)C(C)OC(=O)c1cc(C)cc(N)c1.